The second-order valence-electron chi connectivity index (χ2n) is 3.20. The summed E-state index contributed by atoms with van der Waals surface area (Å²) in [4.78, 5) is 28.5. The molecule has 0 rings (SSSR count). The van der Waals surface area contributed by atoms with Crippen LogP contribution < -0.4 is 104 Å². The first-order chi connectivity index (χ1) is 7.93. The van der Waals surface area contributed by atoms with Gasteiger partial charge < -0.3 is 29.7 Å². The third-order valence-corrected chi connectivity index (χ3v) is 1.05. The van der Waals surface area contributed by atoms with Gasteiger partial charge in [0.15, 0.2) is 0 Å². The predicted molar refractivity (Wildman–Crippen MR) is 59.5 cm³/mol. The Labute approximate surface area is 191 Å². The number of carbonyl (C=O) groups is 3. The van der Waals surface area contributed by atoms with Gasteiger partial charge in [0.1, 0.15) is 0 Å². The van der Waals surface area contributed by atoms with Gasteiger partial charge in [0, 0.05) is 0 Å². The van der Waals surface area contributed by atoms with Gasteiger partial charge in [0.25, 0.3) is 0 Å². The summed E-state index contributed by atoms with van der Waals surface area (Å²) >= 11 is 0. The van der Waals surface area contributed by atoms with Crippen LogP contribution in [0.25, 0.3) is 0 Å². The quantitative estimate of drug-likeness (QED) is 0.375. The molecule has 0 aliphatic carbocycles. The molecule has 0 unspecified atom stereocenters. The van der Waals surface area contributed by atoms with Crippen LogP contribution in [0.5, 0.6) is 0 Å². The molecule has 0 N–H and O–H groups in total. The molecule has 0 aromatic rings. The van der Waals surface area contributed by atoms with E-state index in [1.807, 2.05) is 0 Å². The number of carboxylic acid groups (broad SMARTS) is 3. The molecule has 0 aliphatic heterocycles. The second-order valence-corrected chi connectivity index (χ2v) is 3.20. The van der Waals surface area contributed by atoms with Crippen molar-refractivity contribution >= 4 is 17.9 Å². The largest absolute Gasteiger partial charge is 1.00 e. The number of carbonyl (C=O) groups excluding carboxylic acids is 3. The third-order valence-electron chi connectivity index (χ3n) is 1.05. The van der Waals surface area contributed by atoms with Crippen molar-refractivity contribution in [1.82, 2.24) is 0 Å². The summed E-state index contributed by atoms with van der Waals surface area (Å²) in [6, 6.07) is 0. The second kappa shape index (κ2) is 22.9. The zero-order valence-corrected chi connectivity index (χ0v) is 19.6. The molecule has 0 heterocycles. The van der Waals surface area contributed by atoms with Crippen molar-refractivity contribution in [2.45, 2.75) is 20.8 Å². The Balaban J connectivity index is -0.0000000375. The van der Waals surface area contributed by atoms with Crippen molar-refractivity contribution in [1.29, 1.82) is 0 Å². The molecule has 0 saturated carbocycles. The molecule has 0 atom stereocenters. The van der Waals surface area contributed by atoms with Gasteiger partial charge in [0.2, 0.25) is 0 Å². The molecule has 0 saturated heterocycles. The molecule has 102 valence electrons. The number of hydrogen-bond acceptors (Lipinski definition) is 6. The monoisotopic (exact) mass is 324 g/mol. The fourth-order valence-corrected chi connectivity index (χ4v) is 0. The molecule has 0 aromatic carbocycles. The van der Waals surface area contributed by atoms with Crippen LogP contribution in [0.15, 0.2) is 36.5 Å². The van der Waals surface area contributed by atoms with E-state index < -0.39 is 17.9 Å². The first-order valence-corrected chi connectivity index (χ1v) is 4.54. The molecular weight excluding hydrogens is 309 g/mol. The zero-order chi connectivity index (χ0) is 15.5. The van der Waals surface area contributed by atoms with Gasteiger partial charge in [-0.2, -0.15) is 0 Å². The zero-order valence-electron chi connectivity index (χ0n) is 13.6. The van der Waals surface area contributed by atoms with Crippen molar-refractivity contribution in [2.24, 2.45) is 0 Å². The molecule has 0 aliphatic rings. The predicted octanol–water partition coefficient (Wildman–Crippen LogP) is -11.1. The average molecular weight is 324 g/mol. The van der Waals surface area contributed by atoms with E-state index in [0.717, 1.165) is 0 Å². The molecule has 0 spiro atoms. The SMILES string of the molecule is C=C(C)C(=O)[O-].C=C(C)C(=O)[O-].C=C(C)C(=O)[O-].[Na+].[Na+].[Na+]. The summed E-state index contributed by atoms with van der Waals surface area (Å²) in [5.74, 6) is -3.56. The number of carboxylic acids is 3. The maximum absolute atomic E-state index is 9.49. The minimum Gasteiger partial charge on any atom is -0.545 e. The van der Waals surface area contributed by atoms with Gasteiger partial charge in [-0.3, -0.25) is 0 Å². The van der Waals surface area contributed by atoms with E-state index in [9.17, 15) is 29.7 Å². The summed E-state index contributed by atoms with van der Waals surface area (Å²) < 4.78 is 0. The van der Waals surface area contributed by atoms with Gasteiger partial charge >= 0.3 is 88.7 Å². The van der Waals surface area contributed by atoms with Crippen molar-refractivity contribution in [3.05, 3.63) is 36.5 Å². The van der Waals surface area contributed by atoms with Crippen LogP contribution in [0, 0.1) is 0 Å². The van der Waals surface area contributed by atoms with Crippen LogP contribution in [-0.2, 0) is 14.4 Å². The van der Waals surface area contributed by atoms with E-state index >= 15 is 0 Å². The van der Waals surface area contributed by atoms with Gasteiger partial charge in [-0.15, -0.1) is 0 Å². The number of aliphatic carboxylic acids is 3. The molecule has 21 heavy (non-hydrogen) atoms. The van der Waals surface area contributed by atoms with E-state index in [1.54, 1.807) is 0 Å². The summed E-state index contributed by atoms with van der Waals surface area (Å²) in [6.45, 7) is 13.4. The van der Waals surface area contributed by atoms with Crippen LogP contribution in [0.2, 0.25) is 0 Å². The molecular formula is C12H15Na3O6. The first-order valence-electron chi connectivity index (χ1n) is 4.54. The molecule has 0 aromatic heterocycles. The Hall–Kier alpha value is 0.630. The minimum absolute atomic E-state index is 0. The van der Waals surface area contributed by atoms with Crippen molar-refractivity contribution in [3.63, 3.8) is 0 Å². The standard InChI is InChI=1S/3C4H6O2.3Na/c3*1-3(2)4(5)6;;;/h3*1H2,2H3,(H,5,6);;;/q;;;3*+1/p-3. The van der Waals surface area contributed by atoms with E-state index in [1.165, 1.54) is 20.8 Å². The molecule has 0 bridgehead atoms. The molecule has 0 amide bonds. The van der Waals surface area contributed by atoms with Crippen molar-refractivity contribution in [2.75, 3.05) is 0 Å². The van der Waals surface area contributed by atoms with E-state index in [4.69, 9.17) is 0 Å². The Morgan fingerprint density at radius 1 is 0.571 bits per heavy atom. The average Bonchev–Trinajstić information content (AvgIpc) is 2.18. The molecule has 0 fully saturated rings. The fourth-order valence-electron chi connectivity index (χ4n) is 0. The molecule has 6 nitrogen and oxygen atoms in total. The summed E-state index contributed by atoms with van der Waals surface area (Å²) in [5, 5.41) is 28.5. The van der Waals surface area contributed by atoms with Crippen LogP contribution in [0.4, 0.5) is 0 Å². The van der Waals surface area contributed by atoms with E-state index in [0.29, 0.717) is 0 Å². The normalized spacial score (nSPS) is 6.43. The Bertz CT molecular complexity index is 284. The Kier molecular flexibility index (Phi) is 41.1. The third kappa shape index (κ3) is 44.9. The van der Waals surface area contributed by atoms with Gasteiger partial charge in [0.05, 0.1) is 17.9 Å². The van der Waals surface area contributed by atoms with Crippen LogP contribution >= 0.6 is 0 Å². The summed E-state index contributed by atoms with van der Waals surface area (Å²) in [7, 11) is 0. The smallest absolute Gasteiger partial charge is 0.545 e. The van der Waals surface area contributed by atoms with Crippen molar-refractivity contribution < 1.29 is 118 Å². The van der Waals surface area contributed by atoms with Crippen LogP contribution in [0.3, 0.4) is 0 Å². The van der Waals surface area contributed by atoms with E-state index in [-0.39, 0.29) is 105 Å². The van der Waals surface area contributed by atoms with Crippen LogP contribution in [-0.4, -0.2) is 17.9 Å². The maximum Gasteiger partial charge on any atom is 1.00 e. The van der Waals surface area contributed by atoms with Gasteiger partial charge in [-0.1, -0.05) is 19.7 Å². The minimum atomic E-state index is -1.19. The van der Waals surface area contributed by atoms with Gasteiger partial charge in [-0.25, -0.2) is 0 Å². The van der Waals surface area contributed by atoms with Gasteiger partial charge in [-0.05, 0) is 37.5 Å². The topological polar surface area (TPSA) is 120 Å². The summed E-state index contributed by atoms with van der Waals surface area (Å²) in [5.41, 5.74) is 0.194. The van der Waals surface area contributed by atoms with E-state index in [2.05, 4.69) is 19.7 Å². The first kappa shape index (κ1) is 37.7. The molecule has 9 heteroatoms. The van der Waals surface area contributed by atoms with Crippen LogP contribution in [0.1, 0.15) is 20.8 Å². The maximum atomic E-state index is 9.49. The fraction of sp³-hybridized carbons (Fsp3) is 0.250. The van der Waals surface area contributed by atoms with Crippen molar-refractivity contribution in [3.8, 4) is 0 Å². The molecule has 0 radical (unpaired) electrons. The Morgan fingerprint density at radius 3 is 0.619 bits per heavy atom. The summed E-state index contributed by atoms with van der Waals surface area (Å²) in [6.07, 6.45) is 0. The number of hydrogen-bond donors (Lipinski definition) is 0. The Morgan fingerprint density at radius 2 is 0.619 bits per heavy atom. The number of rotatable bonds is 3.